The van der Waals surface area contributed by atoms with Crippen LogP contribution in [0, 0.1) is 5.92 Å². The standard InChI is InChI=1S/C14H15N3O4/c18-12-8-17(11-4-2-1-3-10(11)15-12)14(21)16-6-5-9(7-16)13(19)20/h1-4,9H,5-8H2,(H,15,18)(H,19,20). The van der Waals surface area contributed by atoms with E-state index in [9.17, 15) is 14.4 Å². The molecule has 7 nitrogen and oxygen atoms in total. The minimum atomic E-state index is -0.887. The molecule has 0 bridgehead atoms. The molecule has 1 unspecified atom stereocenters. The van der Waals surface area contributed by atoms with Gasteiger partial charge in [-0.05, 0) is 18.6 Å². The van der Waals surface area contributed by atoms with E-state index < -0.39 is 11.9 Å². The number of rotatable bonds is 1. The van der Waals surface area contributed by atoms with Crippen LogP contribution in [0.25, 0.3) is 0 Å². The molecule has 110 valence electrons. The number of likely N-dealkylation sites (tertiary alicyclic amines) is 1. The summed E-state index contributed by atoms with van der Waals surface area (Å²) in [7, 11) is 0. The SMILES string of the molecule is O=C1CN(C(=O)N2CCC(C(=O)O)C2)c2ccccc2N1. The van der Waals surface area contributed by atoms with Gasteiger partial charge in [0.05, 0.1) is 17.3 Å². The zero-order valence-corrected chi connectivity index (χ0v) is 11.3. The number of amides is 3. The van der Waals surface area contributed by atoms with Crippen molar-refractivity contribution >= 4 is 29.3 Å². The largest absolute Gasteiger partial charge is 0.481 e. The van der Waals surface area contributed by atoms with Gasteiger partial charge in [-0.25, -0.2) is 4.79 Å². The highest BCUT2D eigenvalue weighted by atomic mass is 16.4. The lowest BCUT2D eigenvalue weighted by molar-refractivity contribution is -0.141. The normalized spacial score (nSPS) is 21.0. The van der Waals surface area contributed by atoms with Crippen LogP contribution in [0.15, 0.2) is 24.3 Å². The number of anilines is 2. The van der Waals surface area contributed by atoms with Crippen LogP contribution in [0.3, 0.4) is 0 Å². The molecule has 1 atom stereocenters. The van der Waals surface area contributed by atoms with Crippen molar-refractivity contribution in [3.05, 3.63) is 24.3 Å². The first-order valence-electron chi connectivity index (χ1n) is 6.74. The lowest BCUT2D eigenvalue weighted by Gasteiger charge is -2.32. The van der Waals surface area contributed by atoms with Gasteiger partial charge in [0.1, 0.15) is 6.54 Å². The van der Waals surface area contributed by atoms with Gasteiger partial charge in [0, 0.05) is 13.1 Å². The third kappa shape index (κ3) is 2.42. The highest BCUT2D eigenvalue weighted by molar-refractivity contribution is 6.09. The zero-order valence-electron chi connectivity index (χ0n) is 11.3. The maximum absolute atomic E-state index is 12.6. The van der Waals surface area contributed by atoms with Gasteiger partial charge < -0.3 is 15.3 Å². The average molecular weight is 289 g/mol. The molecule has 0 radical (unpaired) electrons. The second kappa shape index (κ2) is 5.08. The molecule has 7 heteroatoms. The number of nitrogens with one attached hydrogen (secondary N) is 1. The molecule has 3 rings (SSSR count). The second-order valence-electron chi connectivity index (χ2n) is 5.20. The van der Waals surface area contributed by atoms with Crippen LogP contribution in [0.2, 0.25) is 0 Å². The maximum Gasteiger partial charge on any atom is 0.325 e. The Morgan fingerprint density at radius 3 is 2.76 bits per heavy atom. The zero-order chi connectivity index (χ0) is 15.0. The van der Waals surface area contributed by atoms with E-state index in [1.807, 2.05) is 0 Å². The van der Waals surface area contributed by atoms with Gasteiger partial charge in [-0.15, -0.1) is 0 Å². The molecular weight excluding hydrogens is 274 g/mol. The molecule has 1 aromatic rings. The van der Waals surface area contributed by atoms with Crippen molar-refractivity contribution in [3.8, 4) is 0 Å². The molecule has 0 saturated carbocycles. The summed E-state index contributed by atoms with van der Waals surface area (Å²) in [6.07, 6.45) is 0.447. The van der Waals surface area contributed by atoms with Crippen LogP contribution in [-0.2, 0) is 9.59 Å². The summed E-state index contributed by atoms with van der Waals surface area (Å²) in [4.78, 5) is 38.1. The summed E-state index contributed by atoms with van der Waals surface area (Å²) in [5, 5.41) is 11.7. The Morgan fingerprint density at radius 2 is 2.05 bits per heavy atom. The smallest absolute Gasteiger partial charge is 0.325 e. The fourth-order valence-electron chi connectivity index (χ4n) is 2.71. The van der Waals surface area contributed by atoms with Crippen molar-refractivity contribution in [3.63, 3.8) is 0 Å². The summed E-state index contributed by atoms with van der Waals surface area (Å²) in [6.45, 7) is 0.536. The number of para-hydroxylation sites is 2. The lowest BCUT2D eigenvalue weighted by atomic mass is 10.1. The number of benzene rings is 1. The quantitative estimate of drug-likeness (QED) is 0.806. The van der Waals surface area contributed by atoms with Crippen LogP contribution < -0.4 is 10.2 Å². The minimum absolute atomic E-state index is 0.0515. The summed E-state index contributed by atoms with van der Waals surface area (Å²) in [5.74, 6) is -1.67. The van der Waals surface area contributed by atoms with E-state index in [0.29, 0.717) is 24.3 Å². The number of aliphatic carboxylic acids is 1. The Labute approximate surface area is 121 Å². The molecule has 3 amide bonds. The molecule has 1 fully saturated rings. The van der Waals surface area contributed by atoms with Gasteiger partial charge in [0.15, 0.2) is 0 Å². The number of carboxylic acid groups (broad SMARTS) is 1. The van der Waals surface area contributed by atoms with E-state index >= 15 is 0 Å². The van der Waals surface area contributed by atoms with Crippen molar-refractivity contribution in [2.75, 3.05) is 29.9 Å². The van der Waals surface area contributed by atoms with Gasteiger partial charge in [-0.2, -0.15) is 0 Å². The predicted octanol–water partition coefficient (Wildman–Crippen LogP) is 0.972. The van der Waals surface area contributed by atoms with Crippen LogP contribution >= 0.6 is 0 Å². The first-order valence-corrected chi connectivity index (χ1v) is 6.74. The third-order valence-corrected chi connectivity index (χ3v) is 3.81. The molecule has 21 heavy (non-hydrogen) atoms. The van der Waals surface area contributed by atoms with Crippen molar-refractivity contribution in [1.29, 1.82) is 0 Å². The van der Waals surface area contributed by atoms with Crippen molar-refractivity contribution in [2.24, 2.45) is 5.92 Å². The lowest BCUT2D eigenvalue weighted by Crippen LogP contribution is -2.48. The summed E-state index contributed by atoms with van der Waals surface area (Å²) >= 11 is 0. The monoisotopic (exact) mass is 289 g/mol. The summed E-state index contributed by atoms with van der Waals surface area (Å²) in [5.41, 5.74) is 1.23. The van der Waals surface area contributed by atoms with E-state index in [2.05, 4.69) is 5.32 Å². The number of carbonyl (C=O) groups excluding carboxylic acids is 2. The van der Waals surface area contributed by atoms with E-state index in [1.165, 1.54) is 9.80 Å². The molecule has 2 aliphatic heterocycles. The Balaban J connectivity index is 1.82. The molecule has 0 spiro atoms. The molecule has 2 aliphatic rings. The predicted molar refractivity (Wildman–Crippen MR) is 75.1 cm³/mol. The Morgan fingerprint density at radius 1 is 1.29 bits per heavy atom. The van der Waals surface area contributed by atoms with Crippen LogP contribution in [-0.4, -0.2) is 47.5 Å². The van der Waals surface area contributed by atoms with Gasteiger partial charge in [-0.3, -0.25) is 14.5 Å². The molecule has 2 heterocycles. The number of carboxylic acids is 1. The molecule has 0 aromatic heterocycles. The van der Waals surface area contributed by atoms with Crippen molar-refractivity contribution in [1.82, 2.24) is 4.90 Å². The molecule has 0 aliphatic carbocycles. The van der Waals surface area contributed by atoms with E-state index in [0.717, 1.165) is 0 Å². The highest BCUT2D eigenvalue weighted by Gasteiger charge is 2.35. The van der Waals surface area contributed by atoms with Gasteiger partial charge in [0.25, 0.3) is 0 Å². The minimum Gasteiger partial charge on any atom is -0.481 e. The molecule has 1 saturated heterocycles. The van der Waals surface area contributed by atoms with E-state index in [-0.39, 0.29) is 25.0 Å². The Hall–Kier alpha value is -2.57. The number of carbonyl (C=O) groups is 3. The van der Waals surface area contributed by atoms with Gasteiger partial charge in [0.2, 0.25) is 5.91 Å². The third-order valence-electron chi connectivity index (χ3n) is 3.81. The van der Waals surface area contributed by atoms with Gasteiger partial charge in [-0.1, -0.05) is 12.1 Å². The number of urea groups is 1. The molecule has 2 N–H and O–H groups in total. The number of nitrogens with zero attached hydrogens (tertiary/aromatic N) is 2. The highest BCUT2D eigenvalue weighted by Crippen LogP contribution is 2.30. The number of fused-ring (bicyclic) bond motifs is 1. The maximum atomic E-state index is 12.6. The van der Waals surface area contributed by atoms with Crippen molar-refractivity contribution < 1.29 is 19.5 Å². The molecular formula is C14H15N3O4. The van der Waals surface area contributed by atoms with E-state index in [1.54, 1.807) is 24.3 Å². The van der Waals surface area contributed by atoms with Crippen molar-refractivity contribution in [2.45, 2.75) is 6.42 Å². The Kier molecular flexibility index (Phi) is 3.25. The Bertz CT molecular complexity index is 616. The first-order chi connectivity index (χ1) is 10.1. The number of hydrogen-bond acceptors (Lipinski definition) is 3. The summed E-state index contributed by atoms with van der Waals surface area (Å²) < 4.78 is 0. The summed E-state index contributed by atoms with van der Waals surface area (Å²) in [6, 6.07) is 6.75. The number of hydrogen-bond donors (Lipinski definition) is 2. The van der Waals surface area contributed by atoms with Gasteiger partial charge >= 0.3 is 12.0 Å². The van der Waals surface area contributed by atoms with Crippen LogP contribution in [0.1, 0.15) is 6.42 Å². The second-order valence-corrected chi connectivity index (χ2v) is 5.20. The van der Waals surface area contributed by atoms with Crippen LogP contribution in [0.4, 0.5) is 16.2 Å². The fourth-order valence-corrected chi connectivity index (χ4v) is 2.71. The fraction of sp³-hybridized carbons (Fsp3) is 0.357. The average Bonchev–Trinajstić information content (AvgIpc) is 2.95. The van der Waals surface area contributed by atoms with E-state index in [4.69, 9.17) is 5.11 Å². The van der Waals surface area contributed by atoms with Crippen LogP contribution in [0.5, 0.6) is 0 Å². The first kappa shape index (κ1) is 13.4. The topological polar surface area (TPSA) is 90.0 Å². The molecule has 1 aromatic carbocycles.